The maximum atomic E-state index is 12.3. The van der Waals surface area contributed by atoms with Crippen molar-refractivity contribution in [3.63, 3.8) is 0 Å². The second-order valence-corrected chi connectivity index (χ2v) is 3.28. The lowest BCUT2D eigenvalue weighted by atomic mass is 10.1. The average molecular weight is 185 g/mol. The van der Waals surface area contributed by atoms with Gasteiger partial charge in [-0.1, -0.05) is 18.2 Å². The third-order valence-corrected chi connectivity index (χ3v) is 1.70. The van der Waals surface area contributed by atoms with Gasteiger partial charge in [-0.05, 0) is 25.7 Å². The second-order valence-electron chi connectivity index (χ2n) is 3.28. The van der Waals surface area contributed by atoms with Crippen molar-refractivity contribution < 1.29 is 8.78 Å². The first kappa shape index (κ1) is 10.1. The number of hydrogen-bond donors (Lipinski definition) is 0. The summed E-state index contributed by atoms with van der Waals surface area (Å²) in [5, 5.41) is 0. The molecule has 72 valence electrons. The molecule has 0 saturated carbocycles. The monoisotopic (exact) mass is 185 g/mol. The Labute approximate surface area is 77.0 Å². The summed E-state index contributed by atoms with van der Waals surface area (Å²) in [6.45, 7) is 0.695. The summed E-state index contributed by atoms with van der Waals surface area (Å²) in [6, 6.07) is 6.51. The van der Waals surface area contributed by atoms with Gasteiger partial charge in [0, 0.05) is 12.1 Å². The minimum Gasteiger partial charge on any atom is -0.305 e. The molecular formula is C10H13F2N. The molecule has 0 heterocycles. The average Bonchev–Trinajstić information content (AvgIpc) is 2.03. The molecule has 1 rings (SSSR count). The number of nitrogens with zero attached hydrogens (tertiary/aromatic N) is 1. The lowest BCUT2D eigenvalue weighted by Gasteiger charge is -2.10. The van der Waals surface area contributed by atoms with Crippen LogP contribution in [0.1, 0.15) is 17.6 Å². The molecule has 0 radical (unpaired) electrons. The zero-order valence-electron chi connectivity index (χ0n) is 7.80. The molecule has 0 aliphatic rings. The number of rotatable bonds is 3. The molecule has 3 heteroatoms. The Balaban J connectivity index is 2.79. The molecule has 0 amide bonds. The summed E-state index contributed by atoms with van der Waals surface area (Å²) in [4.78, 5) is 1.95. The smallest absolute Gasteiger partial charge is 0.263 e. The van der Waals surface area contributed by atoms with Crippen molar-refractivity contribution in [2.24, 2.45) is 0 Å². The van der Waals surface area contributed by atoms with Gasteiger partial charge in [-0.3, -0.25) is 0 Å². The van der Waals surface area contributed by atoms with Gasteiger partial charge in [-0.15, -0.1) is 0 Å². The van der Waals surface area contributed by atoms with E-state index in [0.29, 0.717) is 6.54 Å². The molecule has 1 nitrogen and oxygen atoms in total. The van der Waals surface area contributed by atoms with Gasteiger partial charge in [0.25, 0.3) is 6.43 Å². The predicted octanol–water partition coefficient (Wildman–Crippen LogP) is 2.69. The van der Waals surface area contributed by atoms with Crippen LogP contribution in [0.3, 0.4) is 0 Å². The Bertz CT molecular complexity index is 271. The SMILES string of the molecule is CN(C)Cc1cccc(C(F)F)c1. The number of halogens is 2. The van der Waals surface area contributed by atoms with Gasteiger partial charge in [-0.25, -0.2) is 8.78 Å². The molecule has 0 bridgehead atoms. The molecule has 0 aliphatic heterocycles. The van der Waals surface area contributed by atoms with E-state index in [2.05, 4.69) is 0 Å². The molecule has 0 spiro atoms. The fourth-order valence-corrected chi connectivity index (χ4v) is 1.19. The van der Waals surface area contributed by atoms with E-state index < -0.39 is 6.43 Å². The Morgan fingerprint density at radius 2 is 2.00 bits per heavy atom. The van der Waals surface area contributed by atoms with Gasteiger partial charge in [0.1, 0.15) is 0 Å². The van der Waals surface area contributed by atoms with Crippen LogP contribution >= 0.6 is 0 Å². The normalized spacial score (nSPS) is 11.2. The van der Waals surface area contributed by atoms with Crippen LogP contribution in [0.2, 0.25) is 0 Å². The summed E-state index contributed by atoms with van der Waals surface area (Å²) >= 11 is 0. The van der Waals surface area contributed by atoms with E-state index in [1.165, 1.54) is 6.07 Å². The van der Waals surface area contributed by atoms with Crippen LogP contribution in [0.4, 0.5) is 8.78 Å². The van der Waals surface area contributed by atoms with Crippen LogP contribution in [0.25, 0.3) is 0 Å². The molecule has 0 N–H and O–H groups in total. The molecule has 0 saturated heterocycles. The molecule has 0 aromatic heterocycles. The van der Waals surface area contributed by atoms with Crippen LogP contribution in [-0.2, 0) is 6.54 Å². The van der Waals surface area contributed by atoms with Crippen molar-refractivity contribution in [1.82, 2.24) is 4.90 Å². The molecule has 1 aromatic carbocycles. The first-order valence-corrected chi connectivity index (χ1v) is 4.11. The van der Waals surface area contributed by atoms with E-state index in [4.69, 9.17) is 0 Å². The van der Waals surface area contributed by atoms with E-state index in [1.807, 2.05) is 25.1 Å². The quantitative estimate of drug-likeness (QED) is 0.699. The van der Waals surface area contributed by atoms with Gasteiger partial charge in [0.2, 0.25) is 0 Å². The van der Waals surface area contributed by atoms with Crippen LogP contribution in [-0.4, -0.2) is 19.0 Å². The molecule has 0 atom stereocenters. The van der Waals surface area contributed by atoms with Crippen molar-refractivity contribution in [2.45, 2.75) is 13.0 Å². The molecule has 13 heavy (non-hydrogen) atoms. The third-order valence-electron chi connectivity index (χ3n) is 1.70. The van der Waals surface area contributed by atoms with Crippen molar-refractivity contribution >= 4 is 0 Å². The lowest BCUT2D eigenvalue weighted by Crippen LogP contribution is -2.10. The highest BCUT2D eigenvalue weighted by molar-refractivity contribution is 5.24. The van der Waals surface area contributed by atoms with E-state index in [0.717, 1.165) is 5.56 Å². The van der Waals surface area contributed by atoms with Crippen LogP contribution in [0, 0.1) is 0 Å². The predicted molar refractivity (Wildman–Crippen MR) is 48.8 cm³/mol. The third kappa shape index (κ3) is 3.11. The fraction of sp³-hybridized carbons (Fsp3) is 0.400. The van der Waals surface area contributed by atoms with E-state index >= 15 is 0 Å². The highest BCUT2D eigenvalue weighted by atomic mass is 19.3. The van der Waals surface area contributed by atoms with Crippen LogP contribution in [0.5, 0.6) is 0 Å². The van der Waals surface area contributed by atoms with Crippen molar-refractivity contribution in [2.75, 3.05) is 14.1 Å². The van der Waals surface area contributed by atoms with Crippen LogP contribution in [0.15, 0.2) is 24.3 Å². The number of benzene rings is 1. The summed E-state index contributed by atoms with van der Waals surface area (Å²) in [5.74, 6) is 0. The van der Waals surface area contributed by atoms with E-state index in [-0.39, 0.29) is 5.56 Å². The Morgan fingerprint density at radius 1 is 1.31 bits per heavy atom. The maximum Gasteiger partial charge on any atom is 0.263 e. The standard InChI is InChI=1S/C10H13F2N/c1-13(2)7-8-4-3-5-9(6-8)10(11)12/h3-6,10H,7H2,1-2H3. The molecule has 0 fully saturated rings. The Hall–Kier alpha value is -0.960. The van der Waals surface area contributed by atoms with E-state index in [9.17, 15) is 8.78 Å². The van der Waals surface area contributed by atoms with Crippen molar-refractivity contribution in [3.8, 4) is 0 Å². The number of hydrogen-bond acceptors (Lipinski definition) is 1. The zero-order chi connectivity index (χ0) is 9.84. The minimum atomic E-state index is -2.37. The summed E-state index contributed by atoms with van der Waals surface area (Å²) in [6.07, 6.45) is -2.37. The molecular weight excluding hydrogens is 172 g/mol. The molecule has 1 aromatic rings. The van der Waals surface area contributed by atoms with Crippen molar-refractivity contribution in [1.29, 1.82) is 0 Å². The fourth-order valence-electron chi connectivity index (χ4n) is 1.19. The first-order chi connectivity index (χ1) is 6.09. The largest absolute Gasteiger partial charge is 0.305 e. The van der Waals surface area contributed by atoms with Gasteiger partial charge in [0.05, 0.1) is 0 Å². The summed E-state index contributed by atoms with van der Waals surface area (Å²) in [7, 11) is 3.82. The minimum absolute atomic E-state index is 0.0966. The van der Waals surface area contributed by atoms with Crippen LogP contribution < -0.4 is 0 Å². The molecule has 0 unspecified atom stereocenters. The van der Waals surface area contributed by atoms with Crippen molar-refractivity contribution in [3.05, 3.63) is 35.4 Å². The zero-order valence-corrected chi connectivity index (χ0v) is 7.80. The summed E-state index contributed by atoms with van der Waals surface area (Å²) < 4.78 is 24.5. The second kappa shape index (κ2) is 4.33. The first-order valence-electron chi connectivity index (χ1n) is 4.11. The van der Waals surface area contributed by atoms with Gasteiger partial charge >= 0.3 is 0 Å². The van der Waals surface area contributed by atoms with Gasteiger partial charge in [-0.2, -0.15) is 0 Å². The highest BCUT2D eigenvalue weighted by Crippen LogP contribution is 2.19. The topological polar surface area (TPSA) is 3.24 Å². The highest BCUT2D eigenvalue weighted by Gasteiger charge is 2.06. The number of alkyl halides is 2. The Kier molecular flexibility index (Phi) is 3.37. The summed E-state index contributed by atoms with van der Waals surface area (Å²) in [5.41, 5.74) is 1.02. The van der Waals surface area contributed by atoms with Gasteiger partial charge in [0.15, 0.2) is 0 Å². The molecule has 0 aliphatic carbocycles. The Morgan fingerprint density at radius 3 is 2.54 bits per heavy atom. The maximum absolute atomic E-state index is 12.3. The van der Waals surface area contributed by atoms with E-state index in [1.54, 1.807) is 12.1 Å². The van der Waals surface area contributed by atoms with Gasteiger partial charge < -0.3 is 4.90 Å². The lowest BCUT2D eigenvalue weighted by molar-refractivity contribution is 0.151.